The van der Waals surface area contributed by atoms with E-state index in [0.29, 0.717) is 17.5 Å². The van der Waals surface area contributed by atoms with E-state index in [0.717, 1.165) is 27.8 Å². The molecule has 0 unspecified atom stereocenters. The van der Waals surface area contributed by atoms with Crippen LogP contribution in [0.2, 0.25) is 0 Å². The molecule has 3 nitrogen and oxygen atoms in total. The van der Waals surface area contributed by atoms with Crippen LogP contribution in [0.4, 0.5) is 0 Å². The molecule has 0 bridgehead atoms. The zero-order valence-corrected chi connectivity index (χ0v) is 32.5. The highest BCUT2D eigenvalue weighted by molar-refractivity contribution is 7.25. The number of fused-ring (bicyclic) bond motifs is 5. The minimum atomic E-state index is 0.644. The molecule has 0 aliphatic carbocycles. The Bertz CT molecular complexity index is 3840. The third-order valence-corrected chi connectivity index (χ3v) is 13.3. The molecule has 0 radical (unpaired) electrons. The van der Waals surface area contributed by atoms with Crippen molar-refractivity contribution in [1.82, 2.24) is 15.0 Å². The van der Waals surface area contributed by atoms with E-state index in [4.69, 9.17) is 15.0 Å². The smallest absolute Gasteiger partial charge is 0.164 e. The van der Waals surface area contributed by atoms with E-state index in [1.807, 2.05) is 29.5 Å². The van der Waals surface area contributed by atoms with Crippen LogP contribution >= 0.6 is 11.3 Å². The highest BCUT2D eigenvalue weighted by Gasteiger charge is 2.18. The van der Waals surface area contributed by atoms with Crippen LogP contribution in [0.1, 0.15) is 0 Å². The topological polar surface area (TPSA) is 38.7 Å². The summed E-state index contributed by atoms with van der Waals surface area (Å²) >= 11 is 1.82. The van der Waals surface area contributed by atoms with Gasteiger partial charge in [-0.15, -0.1) is 11.3 Å². The summed E-state index contributed by atoms with van der Waals surface area (Å²) in [6, 6.07) is 68.3. The van der Waals surface area contributed by atoms with E-state index in [2.05, 4.69) is 170 Å². The molecule has 4 heteroatoms. The summed E-state index contributed by atoms with van der Waals surface area (Å²) in [4.78, 5) is 15.4. The van der Waals surface area contributed by atoms with E-state index in [9.17, 15) is 0 Å². The molecule has 0 saturated heterocycles. The van der Waals surface area contributed by atoms with Crippen molar-refractivity contribution in [3.63, 3.8) is 0 Å². The fourth-order valence-corrected chi connectivity index (χ4v) is 10.6. The van der Waals surface area contributed by atoms with Gasteiger partial charge in [-0.2, -0.15) is 0 Å². The standard InChI is InChI=1S/C55H31N3S/c1-2-10-35(11-3-1)53-56-54(58-55(57-53)39-26-27-48-45(30-39)41-17-4-5-21-47(41)59-48)38-16-6-15-36(28-38)40-29-37-25-24-34-13-8-19-43-42-18-7-12-32-22-23-33-14-9-20-44(51(33)49(32)42)46(31-40)52(37)50(34)43/h1-31H. The Kier molecular flexibility index (Phi) is 6.89. The first kappa shape index (κ1) is 32.5. The fourth-order valence-electron chi connectivity index (χ4n) is 9.50. The number of rotatable bonds is 4. The van der Waals surface area contributed by atoms with Crippen molar-refractivity contribution in [2.75, 3.05) is 0 Å². The van der Waals surface area contributed by atoms with E-state index in [-0.39, 0.29) is 0 Å². The molecule has 13 rings (SSSR count). The molecule has 0 aliphatic heterocycles. The minimum Gasteiger partial charge on any atom is -0.208 e. The quantitative estimate of drug-likeness (QED) is 0.168. The second-order valence-electron chi connectivity index (χ2n) is 15.5. The van der Waals surface area contributed by atoms with Gasteiger partial charge in [-0.3, -0.25) is 0 Å². The lowest BCUT2D eigenvalue weighted by Gasteiger charge is -2.17. The summed E-state index contributed by atoms with van der Waals surface area (Å²) in [6.45, 7) is 0. The van der Waals surface area contributed by atoms with E-state index in [1.54, 1.807) is 0 Å². The number of hydrogen-bond donors (Lipinski definition) is 0. The van der Waals surface area contributed by atoms with Crippen LogP contribution in [0.25, 0.3) is 130 Å². The Morgan fingerprint density at radius 3 is 1.42 bits per heavy atom. The summed E-state index contributed by atoms with van der Waals surface area (Å²) in [7, 11) is 0. The first-order chi connectivity index (χ1) is 29.2. The van der Waals surface area contributed by atoms with Gasteiger partial charge in [0.25, 0.3) is 0 Å². The normalized spacial score (nSPS) is 12.1. The van der Waals surface area contributed by atoms with Crippen molar-refractivity contribution in [3.05, 3.63) is 188 Å². The lowest BCUT2D eigenvalue weighted by molar-refractivity contribution is 1.07. The van der Waals surface area contributed by atoms with Crippen LogP contribution in [0.5, 0.6) is 0 Å². The fraction of sp³-hybridized carbons (Fsp3) is 0. The highest BCUT2D eigenvalue weighted by atomic mass is 32.1. The van der Waals surface area contributed by atoms with Gasteiger partial charge in [0.2, 0.25) is 0 Å². The van der Waals surface area contributed by atoms with Gasteiger partial charge in [0.15, 0.2) is 17.5 Å². The number of hydrogen-bond acceptors (Lipinski definition) is 4. The van der Waals surface area contributed by atoms with Crippen LogP contribution < -0.4 is 0 Å². The second kappa shape index (κ2) is 12.5. The molecule has 2 heterocycles. The summed E-state index contributed by atoms with van der Waals surface area (Å²) in [5.41, 5.74) is 5.12. The van der Waals surface area contributed by atoms with Gasteiger partial charge >= 0.3 is 0 Å². The Labute approximate surface area is 342 Å². The van der Waals surface area contributed by atoms with Crippen LogP contribution in [0.15, 0.2) is 188 Å². The maximum absolute atomic E-state index is 5.20. The van der Waals surface area contributed by atoms with E-state index < -0.39 is 0 Å². The maximum atomic E-state index is 5.20. The average Bonchev–Trinajstić information content (AvgIpc) is 3.68. The van der Waals surface area contributed by atoms with Gasteiger partial charge in [-0.1, -0.05) is 146 Å². The number of thiophene rings is 1. The number of benzene rings is 10. The molecule has 0 atom stereocenters. The van der Waals surface area contributed by atoms with Crippen molar-refractivity contribution in [3.8, 4) is 45.3 Å². The van der Waals surface area contributed by atoms with Crippen molar-refractivity contribution < 1.29 is 0 Å². The average molecular weight is 766 g/mol. The number of nitrogens with zero attached hydrogens (tertiary/aromatic N) is 3. The van der Waals surface area contributed by atoms with Crippen molar-refractivity contribution in [1.29, 1.82) is 0 Å². The van der Waals surface area contributed by atoms with Crippen molar-refractivity contribution in [2.24, 2.45) is 0 Å². The Balaban J connectivity index is 1.05. The summed E-state index contributed by atoms with van der Waals surface area (Å²) in [6.07, 6.45) is 0. The van der Waals surface area contributed by atoms with Crippen LogP contribution in [0, 0.1) is 0 Å². The Hall–Kier alpha value is -7.53. The molecule has 13 aromatic rings. The molecule has 0 saturated carbocycles. The Morgan fingerprint density at radius 1 is 0.254 bits per heavy atom. The summed E-state index contributed by atoms with van der Waals surface area (Å²) in [5, 5.41) is 17.7. The summed E-state index contributed by atoms with van der Waals surface area (Å²) < 4.78 is 2.53. The van der Waals surface area contributed by atoms with Gasteiger partial charge in [0.1, 0.15) is 0 Å². The lowest BCUT2D eigenvalue weighted by Crippen LogP contribution is -2.00. The maximum Gasteiger partial charge on any atom is 0.164 e. The molecule has 0 amide bonds. The highest BCUT2D eigenvalue weighted by Crippen LogP contribution is 2.45. The monoisotopic (exact) mass is 765 g/mol. The zero-order chi connectivity index (χ0) is 38.6. The molecule has 0 N–H and O–H groups in total. The van der Waals surface area contributed by atoms with Gasteiger partial charge in [0.05, 0.1) is 0 Å². The third kappa shape index (κ3) is 4.97. The predicted molar refractivity (Wildman–Crippen MR) is 251 cm³/mol. The lowest BCUT2D eigenvalue weighted by atomic mass is 9.86. The molecule has 0 spiro atoms. The van der Waals surface area contributed by atoms with Gasteiger partial charge in [-0.05, 0) is 118 Å². The van der Waals surface area contributed by atoms with Crippen LogP contribution in [-0.2, 0) is 0 Å². The molecule has 59 heavy (non-hydrogen) atoms. The molecular formula is C55H31N3S. The van der Waals surface area contributed by atoms with Crippen molar-refractivity contribution in [2.45, 2.75) is 0 Å². The van der Waals surface area contributed by atoms with Gasteiger partial charge in [0, 0.05) is 36.9 Å². The van der Waals surface area contributed by atoms with E-state index in [1.165, 1.54) is 84.8 Å². The molecule has 11 aromatic carbocycles. The molecule has 272 valence electrons. The van der Waals surface area contributed by atoms with Crippen molar-refractivity contribution >= 4 is 96.1 Å². The Morgan fingerprint density at radius 2 is 0.729 bits per heavy atom. The van der Waals surface area contributed by atoms with Crippen LogP contribution in [-0.4, -0.2) is 15.0 Å². The first-order valence-electron chi connectivity index (χ1n) is 20.0. The zero-order valence-electron chi connectivity index (χ0n) is 31.6. The first-order valence-corrected chi connectivity index (χ1v) is 20.8. The molecular weight excluding hydrogens is 735 g/mol. The van der Waals surface area contributed by atoms with Crippen LogP contribution in [0.3, 0.4) is 0 Å². The summed E-state index contributed by atoms with van der Waals surface area (Å²) in [5.74, 6) is 1.95. The molecule has 0 fully saturated rings. The predicted octanol–water partition coefficient (Wildman–Crippen LogP) is 15.3. The molecule has 0 aliphatic rings. The number of aromatic nitrogens is 3. The SMILES string of the molecule is c1ccc(-c2nc(-c3cccc(-c4cc5ccc6cccc7c8cccc9ccc%10cccc(c(c4)c5c67)c%10c98)c3)nc(-c3ccc4sc5ccccc5c4c3)n2)cc1. The van der Waals surface area contributed by atoms with Gasteiger partial charge in [-0.25, -0.2) is 15.0 Å². The largest absolute Gasteiger partial charge is 0.208 e. The van der Waals surface area contributed by atoms with E-state index >= 15 is 0 Å². The minimum absolute atomic E-state index is 0.644. The molecule has 2 aromatic heterocycles. The second-order valence-corrected chi connectivity index (χ2v) is 16.6. The van der Waals surface area contributed by atoms with Gasteiger partial charge < -0.3 is 0 Å². The third-order valence-electron chi connectivity index (χ3n) is 12.2.